The average molecular weight is 225 g/mol. The van der Waals surface area contributed by atoms with Crippen LogP contribution in [0.1, 0.15) is 31.1 Å². The van der Waals surface area contributed by atoms with Gasteiger partial charge in [-0.25, -0.2) is 4.39 Å². The van der Waals surface area contributed by atoms with Gasteiger partial charge in [-0.15, -0.1) is 0 Å². The fourth-order valence-electron chi connectivity index (χ4n) is 2.00. The average Bonchev–Trinajstić information content (AvgIpc) is 2.31. The van der Waals surface area contributed by atoms with Gasteiger partial charge in [0, 0.05) is 13.2 Å². The van der Waals surface area contributed by atoms with Gasteiger partial charge in [-0.2, -0.15) is 0 Å². The van der Waals surface area contributed by atoms with E-state index >= 15 is 0 Å². The van der Waals surface area contributed by atoms with Crippen LogP contribution in [0.15, 0.2) is 18.3 Å². The van der Waals surface area contributed by atoms with Crippen molar-refractivity contribution in [2.24, 2.45) is 5.92 Å². The van der Waals surface area contributed by atoms with Crippen LogP contribution in [0.2, 0.25) is 0 Å². The quantitative estimate of drug-likeness (QED) is 0.856. The Morgan fingerprint density at radius 2 is 2.19 bits per heavy atom. The molecule has 1 fully saturated rings. The van der Waals surface area contributed by atoms with Crippen molar-refractivity contribution in [3.8, 4) is 0 Å². The number of pyridine rings is 1. The summed E-state index contributed by atoms with van der Waals surface area (Å²) in [5, 5.41) is 9.94. The van der Waals surface area contributed by atoms with Crippen LogP contribution in [0.25, 0.3) is 0 Å². The van der Waals surface area contributed by atoms with Crippen molar-refractivity contribution in [3.63, 3.8) is 0 Å². The minimum atomic E-state index is -0.594. The predicted molar refractivity (Wildman–Crippen MR) is 57.3 cm³/mol. The third-order valence-electron chi connectivity index (χ3n) is 2.99. The molecular weight excluding hydrogens is 209 g/mol. The highest BCUT2D eigenvalue weighted by atomic mass is 19.1. The number of halogens is 1. The first-order chi connectivity index (χ1) is 7.75. The standard InChI is InChI=1S/C12H16FNO2/c13-10-1-2-11(14-8-10)12(15)7-9-3-5-16-6-4-9/h1-2,8-9,12,15H,3-7H2. The topological polar surface area (TPSA) is 42.4 Å². The molecule has 2 heterocycles. The Morgan fingerprint density at radius 3 is 2.81 bits per heavy atom. The van der Waals surface area contributed by atoms with Gasteiger partial charge in [-0.05, 0) is 37.3 Å². The number of hydrogen-bond acceptors (Lipinski definition) is 3. The summed E-state index contributed by atoms with van der Waals surface area (Å²) < 4.78 is 17.9. The third kappa shape index (κ3) is 3.00. The molecule has 3 nitrogen and oxygen atoms in total. The van der Waals surface area contributed by atoms with Crippen molar-refractivity contribution in [1.29, 1.82) is 0 Å². The molecule has 0 aromatic carbocycles. The molecule has 0 amide bonds. The van der Waals surface area contributed by atoms with E-state index in [9.17, 15) is 9.50 Å². The van der Waals surface area contributed by atoms with E-state index in [4.69, 9.17) is 4.74 Å². The van der Waals surface area contributed by atoms with Gasteiger partial charge in [0.05, 0.1) is 18.0 Å². The van der Waals surface area contributed by atoms with Crippen molar-refractivity contribution in [2.75, 3.05) is 13.2 Å². The second-order valence-electron chi connectivity index (χ2n) is 4.21. The van der Waals surface area contributed by atoms with Crippen LogP contribution in [-0.2, 0) is 4.74 Å². The van der Waals surface area contributed by atoms with Crippen molar-refractivity contribution in [2.45, 2.75) is 25.4 Å². The first-order valence-corrected chi connectivity index (χ1v) is 5.63. The second kappa shape index (κ2) is 5.37. The van der Waals surface area contributed by atoms with Gasteiger partial charge in [-0.1, -0.05) is 0 Å². The molecule has 1 atom stereocenters. The first kappa shape index (κ1) is 11.5. The van der Waals surface area contributed by atoms with Gasteiger partial charge >= 0.3 is 0 Å². The largest absolute Gasteiger partial charge is 0.387 e. The van der Waals surface area contributed by atoms with Crippen LogP contribution in [-0.4, -0.2) is 23.3 Å². The zero-order valence-electron chi connectivity index (χ0n) is 9.10. The molecule has 4 heteroatoms. The Morgan fingerprint density at radius 1 is 1.44 bits per heavy atom. The van der Waals surface area contributed by atoms with Gasteiger partial charge in [0.25, 0.3) is 0 Å². The van der Waals surface area contributed by atoms with Crippen molar-refractivity contribution < 1.29 is 14.2 Å². The maximum absolute atomic E-state index is 12.6. The molecule has 1 unspecified atom stereocenters. The molecule has 88 valence electrons. The lowest BCUT2D eigenvalue weighted by Crippen LogP contribution is -2.18. The monoisotopic (exact) mass is 225 g/mol. The fraction of sp³-hybridized carbons (Fsp3) is 0.583. The fourth-order valence-corrected chi connectivity index (χ4v) is 2.00. The number of ether oxygens (including phenoxy) is 1. The zero-order chi connectivity index (χ0) is 11.4. The summed E-state index contributed by atoms with van der Waals surface area (Å²) in [6.07, 6.45) is 3.20. The summed E-state index contributed by atoms with van der Waals surface area (Å²) in [5.74, 6) is 0.109. The lowest BCUT2D eigenvalue weighted by molar-refractivity contribution is 0.0426. The highest BCUT2D eigenvalue weighted by molar-refractivity contribution is 5.08. The number of aliphatic hydroxyl groups excluding tert-OH is 1. The van der Waals surface area contributed by atoms with Crippen molar-refractivity contribution >= 4 is 0 Å². The molecule has 0 saturated carbocycles. The normalized spacial score (nSPS) is 19.6. The lowest BCUT2D eigenvalue weighted by Gasteiger charge is -2.23. The van der Waals surface area contributed by atoms with Gasteiger partial charge in [0.2, 0.25) is 0 Å². The summed E-state index contributed by atoms with van der Waals surface area (Å²) in [6.45, 7) is 1.54. The number of rotatable bonds is 3. The molecule has 0 radical (unpaired) electrons. The van der Waals surface area contributed by atoms with Gasteiger partial charge in [0.1, 0.15) is 5.82 Å². The zero-order valence-corrected chi connectivity index (χ0v) is 9.10. The van der Waals surface area contributed by atoms with E-state index < -0.39 is 6.10 Å². The molecule has 1 saturated heterocycles. The molecule has 1 aromatic heterocycles. The Bertz CT molecular complexity index is 322. The number of aromatic nitrogens is 1. The molecule has 1 aliphatic heterocycles. The minimum Gasteiger partial charge on any atom is -0.387 e. The molecule has 0 spiro atoms. The molecule has 16 heavy (non-hydrogen) atoms. The summed E-state index contributed by atoms with van der Waals surface area (Å²) in [4.78, 5) is 3.89. The number of nitrogens with zero attached hydrogens (tertiary/aromatic N) is 1. The molecular formula is C12H16FNO2. The lowest BCUT2D eigenvalue weighted by atomic mass is 9.92. The van der Waals surface area contributed by atoms with Crippen LogP contribution < -0.4 is 0 Å². The molecule has 1 aromatic rings. The van der Waals surface area contributed by atoms with Gasteiger partial charge < -0.3 is 9.84 Å². The van der Waals surface area contributed by atoms with Crippen LogP contribution in [0.4, 0.5) is 4.39 Å². The Hall–Kier alpha value is -1.00. The van der Waals surface area contributed by atoms with E-state index in [0.717, 1.165) is 32.3 Å². The van der Waals surface area contributed by atoms with E-state index in [-0.39, 0.29) is 5.82 Å². The summed E-state index contributed by atoms with van der Waals surface area (Å²) in [6, 6.07) is 2.87. The second-order valence-corrected chi connectivity index (χ2v) is 4.21. The molecule has 0 aliphatic carbocycles. The van der Waals surface area contributed by atoms with E-state index in [1.807, 2.05) is 0 Å². The van der Waals surface area contributed by atoms with Crippen molar-refractivity contribution in [1.82, 2.24) is 4.98 Å². The molecule has 1 aliphatic rings. The van der Waals surface area contributed by atoms with Gasteiger partial charge in [0.15, 0.2) is 0 Å². The van der Waals surface area contributed by atoms with E-state index in [1.165, 1.54) is 6.07 Å². The summed E-state index contributed by atoms with van der Waals surface area (Å²) in [7, 11) is 0. The summed E-state index contributed by atoms with van der Waals surface area (Å²) in [5.41, 5.74) is 0.549. The minimum absolute atomic E-state index is 0.373. The summed E-state index contributed by atoms with van der Waals surface area (Å²) >= 11 is 0. The number of hydrogen-bond donors (Lipinski definition) is 1. The van der Waals surface area contributed by atoms with E-state index in [1.54, 1.807) is 6.07 Å². The van der Waals surface area contributed by atoms with Crippen LogP contribution in [0.5, 0.6) is 0 Å². The maximum atomic E-state index is 12.6. The Labute approximate surface area is 94.3 Å². The smallest absolute Gasteiger partial charge is 0.141 e. The van der Waals surface area contributed by atoms with Crippen LogP contribution in [0.3, 0.4) is 0 Å². The predicted octanol–water partition coefficient (Wildman–Crippen LogP) is 2.07. The highest BCUT2D eigenvalue weighted by Gasteiger charge is 2.19. The first-order valence-electron chi connectivity index (χ1n) is 5.63. The van der Waals surface area contributed by atoms with Gasteiger partial charge in [-0.3, -0.25) is 4.98 Å². The third-order valence-corrected chi connectivity index (χ3v) is 2.99. The molecule has 1 N–H and O–H groups in total. The van der Waals surface area contributed by atoms with E-state index in [2.05, 4.69) is 4.98 Å². The van der Waals surface area contributed by atoms with Crippen molar-refractivity contribution in [3.05, 3.63) is 29.8 Å². The van der Waals surface area contributed by atoms with Crippen LogP contribution >= 0.6 is 0 Å². The Balaban J connectivity index is 1.91. The molecule has 0 bridgehead atoms. The maximum Gasteiger partial charge on any atom is 0.141 e. The highest BCUT2D eigenvalue weighted by Crippen LogP contribution is 2.26. The van der Waals surface area contributed by atoms with Crippen LogP contribution in [0, 0.1) is 11.7 Å². The molecule has 2 rings (SSSR count). The van der Waals surface area contributed by atoms with E-state index in [0.29, 0.717) is 18.0 Å². The Kier molecular flexibility index (Phi) is 3.85. The number of aliphatic hydroxyl groups is 1. The SMILES string of the molecule is OC(CC1CCOCC1)c1ccc(F)cn1.